The van der Waals surface area contributed by atoms with Gasteiger partial charge < -0.3 is 15.2 Å². The van der Waals surface area contributed by atoms with Gasteiger partial charge in [0, 0.05) is 12.1 Å². The average molecular weight is 315 g/mol. The Hall–Kier alpha value is -2.80. The molecule has 0 saturated carbocycles. The van der Waals surface area contributed by atoms with Crippen LogP contribution in [0.1, 0.15) is 23.6 Å². The number of aromatic nitrogens is 1. The van der Waals surface area contributed by atoms with Gasteiger partial charge in [0.1, 0.15) is 5.75 Å². The molecular weight excluding hydrogens is 298 g/mol. The highest BCUT2D eigenvalue weighted by Gasteiger charge is 2.29. The van der Waals surface area contributed by atoms with Crippen LogP contribution in [0.2, 0.25) is 0 Å². The number of aryl methyl sites for hydroxylation is 1. The van der Waals surface area contributed by atoms with Gasteiger partial charge >= 0.3 is 6.03 Å². The first-order valence-corrected chi connectivity index (χ1v) is 7.17. The fourth-order valence-corrected chi connectivity index (χ4v) is 2.73. The molecule has 2 aromatic rings. The molecule has 3 N–H and O–H groups in total. The molecule has 1 aliphatic rings. The van der Waals surface area contributed by atoms with E-state index in [4.69, 9.17) is 15.2 Å². The van der Waals surface area contributed by atoms with Crippen LogP contribution in [0.5, 0.6) is 17.5 Å². The van der Waals surface area contributed by atoms with Gasteiger partial charge in [0.15, 0.2) is 0 Å². The predicted molar refractivity (Wildman–Crippen MR) is 81.6 cm³/mol. The van der Waals surface area contributed by atoms with E-state index in [9.17, 15) is 10.0 Å². The Kier molecular flexibility index (Phi) is 4.03. The number of nitrogens with zero attached hydrogens (tertiary/aromatic N) is 2. The largest absolute Gasteiger partial charge is 0.481 e. The molecule has 0 bridgehead atoms. The van der Waals surface area contributed by atoms with E-state index < -0.39 is 12.1 Å². The molecule has 1 aliphatic carbocycles. The lowest BCUT2D eigenvalue weighted by atomic mass is 10.1. The smallest absolute Gasteiger partial charge is 0.339 e. The van der Waals surface area contributed by atoms with E-state index in [0.717, 1.165) is 17.5 Å². The number of carbonyl (C=O) groups excluding carboxylic acids is 1. The van der Waals surface area contributed by atoms with E-state index in [0.29, 0.717) is 29.0 Å². The molecule has 23 heavy (non-hydrogen) atoms. The summed E-state index contributed by atoms with van der Waals surface area (Å²) < 4.78 is 10.8. The van der Waals surface area contributed by atoms with Crippen molar-refractivity contribution in [2.75, 3.05) is 7.11 Å². The highest BCUT2D eigenvalue weighted by molar-refractivity contribution is 5.71. The predicted octanol–water partition coefficient (Wildman–Crippen LogP) is 2.64. The Bertz CT molecular complexity index is 735. The number of primary amides is 1. The second kappa shape index (κ2) is 6.13. The van der Waals surface area contributed by atoms with Crippen molar-refractivity contribution in [1.29, 1.82) is 0 Å². The minimum absolute atomic E-state index is 0.411. The number of benzene rings is 1. The number of carbonyl (C=O) groups is 1. The number of hydrogen-bond donors (Lipinski definition) is 2. The van der Waals surface area contributed by atoms with Gasteiger partial charge in [0.05, 0.1) is 13.2 Å². The first-order chi connectivity index (χ1) is 11.1. The molecular formula is C16H17N3O4. The van der Waals surface area contributed by atoms with Gasteiger partial charge in [-0.05, 0) is 36.1 Å². The summed E-state index contributed by atoms with van der Waals surface area (Å²) in [5.41, 5.74) is 7.01. The Balaban J connectivity index is 1.81. The van der Waals surface area contributed by atoms with Gasteiger partial charge in [-0.1, -0.05) is 12.1 Å². The van der Waals surface area contributed by atoms with E-state index in [2.05, 4.69) is 4.98 Å². The Morgan fingerprint density at radius 1 is 1.35 bits per heavy atom. The summed E-state index contributed by atoms with van der Waals surface area (Å²) >= 11 is 0. The number of rotatable bonds is 4. The second-order valence-electron chi connectivity index (χ2n) is 5.22. The monoisotopic (exact) mass is 315 g/mol. The average Bonchev–Trinajstić information content (AvgIpc) is 2.97. The van der Waals surface area contributed by atoms with E-state index in [1.54, 1.807) is 31.4 Å². The summed E-state index contributed by atoms with van der Waals surface area (Å²) in [6, 6.07) is 9.48. The van der Waals surface area contributed by atoms with Crippen LogP contribution in [0, 0.1) is 0 Å². The molecule has 0 fully saturated rings. The zero-order chi connectivity index (χ0) is 16.4. The molecule has 1 aromatic carbocycles. The van der Waals surface area contributed by atoms with Gasteiger partial charge in [0.25, 0.3) is 0 Å². The minimum Gasteiger partial charge on any atom is -0.481 e. The van der Waals surface area contributed by atoms with Crippen molar-refractivity contribution in [1.82, 2.24) is 10.0 Å². The zero-order valence-electron chi connectivity index (χ0n) is 12.6. The highest BCUT2D eigenvalue weighted by atomic mass is 16.5. The van der Waals surface area contributed by atoms with Crippen molar-refractivity contribution in [3.05, 3.63) is 47.5 Å². The Morgan fingerprint density at radius 3 is 2.87 bits per heavy atom. The molecule has 1 aromatic heterocycles. The van der Waals surface area contributed by atoms with Crippen molar-refractivity contribution in [2.45, 2.75) is 18.9 Å². The number of pyridine rings is 1. The molecule has 2 amide bonds. The lowest BCUT2D eigenvalue weighted by Gasteiger charge is -2.20. The van der Waals surface area contributed by atoms with Crippen LogP contribution in [-0.2, 0) is 6.42 Å². The van der Waals surface area contributed by atoms with Gasteiger partial charge in [0.2, 0.25) is 11.8 Å². The number of hydrogen-bond acceptors (Lipinski definition) is 5. The van der Waals surface area contributed by atoms with Gasteiger partial charge in [-0.15, -0.1) is 0 Å². The summed E-state index contributed by atoms with van der Waals surface area (Å²) in [4.78, 5) is 15.3. The fourth-order valence-electron chi connectivity index (χ4n) is 2.73. The molecule has 1 atom stereocenters. The summed E-state index contributed by atoms with van der Waals surface area (Å²) in [6.45, 7) is 0. The molecule has 1 unspecified atom stereocenters. The van der Waals surface area contributed by atoms with E-state index in [1.807, 2.05) is 12.1 Å². The molecule has 120 valence electrons. The minimum atomic E-state index is -0.858. The van der Waals surface area contributed by atoms with Crippen molar-refractivity contribution >= 4 is 6.03 Å². The molecule has 0 saturated heterocycles. The zero-order valence-corrected chi connectivity index (χ0v) is 12.6. The van der Waals surface area contributed by atoms with Gasteiger partial charge in [-0.25, -0.2) is 4.79 Å². The van der Waals surface area contributed by atoms with Crippen molar-refractivity contribution in [3.8, 4) is 17.5 Å². The first kappa shape index (κ1) is 15.1. The topological polar surface area (TPSA) is 97.9 Å². The third kappa shape index (κ3) is 3.04. The number of methoxy groups -OCH3 is 1. The molecule has 1 heterocycles. The lowest BCUT2D eigenvalue weighted by molar-refractivity contribution is -0.0757. The van der Waals surface area contributed by atoms with Crippen LogP contribution in [0.25, 0.3) is 0 Å². The quantitative estimate of drug-likeness (QED) is 0.667. The SMILES string of the molecule is COc1cccc(Oc2ccc3c(c2)CCC3N(O)C(N)=O)n1. The lowest BCUT2D eigenvalue weighted by Crippen LogP contribution is -2.35. The number of amides is 2. The van der Waals surface area contributed by atoms with Crippen LogP contribution in [0.4, 0.5) is 4.79 Å². The van der Waals surface area contributed by atoms with E-state index in [-0.39, 0.29) is 0 Å². The number of nitrogens with two attached hydrogens (primary N) is 1. The number of urea groups is 1. The molecule has 3 rings (SSSR count). The number of fused-ring (bicyclic) bond motifs is 1. The molecule has 0 spiro atoms. The summed E-state index contributed by atoms with van der Waals surface area (Å²) in [5.74, 6) is 1.54. The first-order valence-electron chi connectivity index (χ1n) is 7.17. The van der Waals surface area contributed by atoms with Gasteiger partial charge in [-0.2, -0.15) is 10.0 Å². The summed E-state index contributed by atoms with van der Waals surface area (Å²) in [7, 11) is 1.54. The highest BCUT2D eigenvalue weighted by Crippen LogP contribution is 2.37. The third-order valence-corrected chi connectivity index (χ3v) is 3.81. The third-order valence-electron chi connectivity index (χ3n) is 3.81. The molecule has 0 aliphatic heterocycles. The van der Waals surface area contributed by atoms with Gasteiger partial charge in [-0.3, -0.25) is 5.21 Å². The maximum Gasteiger partial charge on any atom is 0.339 e. The van der Waals surface area contributed by atoms with Crippen molar-refractivity contribution < 1.29 is 19.5 Å². The van der Waals surface area contributed by atoms with Crippen LogP contribution >= 0.6 is 0 Å². The van der Waals surface area contributed by atoms with E-state index in [1.165, 1.54) is 0 Å². The molecule has 0 radical (unpaired) electrons. The number of hydroxylamine groups is 2. The van der Waals surface area contributed by atoms with Crippen LogP contribution < -0.4 is 15.2 Å². The van der Waals surface area contributed by atoms with E-state index >= 15 is 0 Å². The van der Waals surface area contributed by atoms with Crippen LogP contribution in [-0.4, -0.2) is 28.4 Å². The van der Waals surface area contributed by atoms with Crippen LogP contribution in [0.3, 0.4) is 0 Å². The molecule has 7 heteroatoms. The normalized spacial score (nSPS) is 15.8. The number of ether oxygens (including phenoxy) is 2. The van der Waals surface area contributed by atoms with Crippen molar-refractivity contribution in [2.24, 2.45) is 5.73 Å². The maximum atomic E-state index is 11.1. The Morgan fingerprint density at radius 2 is 2.13 bits per heavy atom. The summed E-state index contributed by atoms with van der Waals surface area (Å²) in [6.07, 6.45) is 1.35. The van der Waals surface area contributed by atoms with Crippen LogP contribution in [0.15, 0.2) is 36.4 Å². The second-order valence-corrected chi connectivity index (χ2v) is 5.22. The fraction of sp³-hybridized carbons (Fsp3) is 0.250. The molecule has 7 nitrogen and oxygen atoms in total. The Labute approximate surface area is 133 Å². The standard InChI is InChI=1S/C16H17N3O4/c1-22-14-3-2-4-15(18-14)23-11-6-7-12-10(9-11)5-8-13(12)19(21)16(17)20/h2-4,6-7,9,13,21H,5,8H2,1H3,(H2,17,20). The summed E-state index contributed by atoms with van der Waals surface area (Å²) in [5, 5.41) is 10.3. The maximum absolute atomic E-state index is 11.1. The van der Waals surface area contributed by atoms with Crippen molar-refractivity contribution in [3.63, 3.8) is 0 Å².